The number of hydrogen-bond acceptors (Lipinski definition) is 3. The van der Waals surface area contributed by atoms with Crippen LogP contribution in [0.2, 0.25) is 0 Å². The Labute approximate surface area is 123 Å². The second-order valence-electron chi connectivity index (χ2n) is 5.62. The van der Waals surface area contributed by atoms with Gasteiger partial charge in [0.1, 0.15) is 0 Å². The topological polar surface area (TPSA) is 60.4 Å². The fourth-order valence-corrected chi connectivity index (χ4v) is 3.10. The van der Waals surface area contributed by atoms with Crippen LogP contribution >= 0.6 is 0 Å². The van der Waals surface area contributed by atoms with Crippen LogP contribution in [0.15, 0.2) is 18.3 Å². The van der Waals surface area contributed by atoms with Crippen LogP contribution in [-0.2, 0) is 17.7 Å². The lowest BCUT2D eigenvalue weighted by atomic mass is 10.1. The number of ether oxygens (including phenoxy) is 1. The second-order valence-corrected chi connectivity index (χ2v) is 5.62. The Morgan fingerprint density at radius 1 is 1.38 bits per heavy atom. The number of phenolic OH excluding ortho intramolecular Hbond substituents is 1. The van der Waals surface area contributed by atoms with Gasteiger partial charge in [0, 0.05) is 24.7 Å². The van der Waals surface area contributed by atoms with E-state index in [2.05, 4.69) is 4.57 Å². The molecule has 1 atom stereocenters. The molecule has 2 aromatic rings. The first kappa shape index (κ1) is 14.4. The SMILES string of the molecule is NCCc1cn(CC2CCCCO2)c2ccc(F)c(O)c12. The molecule has 1 aromatic carbocycles. The maximum absolute atomic E-state index is 13.6. The van der Waals surface area contributed by atoms with Gasteiger partial charge < -0.3 is 20.1 Å². The van der Waals surface area contributed by atoms with E-state index in [9.17, 15) is 9.50 Å². The van der Waals surface area contributed by atoms with E-state index in [0.717, 1.165) is 37.1 Å². The maximum atomic E-state index is 13.6. The average Bonchev–Trinajstić information content (AvgIpc) is 2.83. The zero-order valence-electron chi connectivity index (χ0n) is 12.0. The third kappa shape index (κ3) is 2.76. The third-order valence-electron chi connectivity index (χ3n) is 4.14. The number of aromatic hydroxyl groups is 1. The molecule has 0 aliphatic carbocycles. The molecule has 5 heteroatoms. The molecular weight excluding hydrogens is 271 g/mol. The van der Waals surface area contributed by atoms with Crippen LogP contribution in [-0.4, -0.2) is 28.9 Å². The van der Waals surface area contributed by atoms with Gasteiger partial charge in [-0.05, 0) is 49.9 Å². The Bertz CT molecular complexity index is 633. The molecule has 1 saturated heterocycles. The minimum absolute atomic E-state index is 0.187. The maximum Gasteiger partial charge on any atom is 0.165 e. The first-order valence-corrected chi connectivity index (χ1v) is 7.51. The number of benzene rings is 1. The molecule has 1 fully saturated rings. The van der Waals surface area contributed by atoms with Crippen LogP contribution in [0.1, 0.15) is 24.8 Å². The van der Waals surface area contributed by atoms with Gasteiger partial charge in [-0.15, -0.1) is 0 Å². The van der Waals surface area contributed by atoms with Crippen molar-refractivity contribution in [2.45, 2.75) is 38.3 Å². The molecule has 0 radical (unpaired) electrons. The van der Waals surface area contributed by atoms with Gasteiger partial charge in [0.05, 0.1) is 11.6 Å². The van der Waals surface area contributed by atoms with E-state index < -0.39 is 5.82 Å². The summed E-state index contributed by atoms with van der Waals surface area (Å²) in [5.41, 5.74) is 7.35. The number of phenols is 1. The average molecular weight is 292 g/mol. The van der Waals surface area contributed by atoms with Crippen molar-refractivity contribution in [2.24, 2.45) is 5.73 Å². The lowest BCUT2D eigenvalue weighted by molar-refractivity contribution is 0.00668. The van der Waals surface area contributed by atoms with Gasteiger partial charge in [-0.3, -0.25) is 0 Å². The van der Waals surface area contributed by atoms with Gasteiger partial charge in [-0.2, -0.15) is 0 Å². The summed E-state index contributed by atoms with van der Waals surface area (Å²) < 4.78 is 21.4. The highest BCUT2D eigenvalue weighted by Gasteiger charge is 2.19. The summed E-state index contributed by atoms with van der Waals surface area (Å²) >= 11 is 0. The number of hydrogen-bond donors (Lipinski definition) is 2. The molecule has 4 nitrogen and oxygen atoms in total. The first-order valence-electron chi connectivity index (χ1n) is 7.51. The molecule has 3 rings (SSSR count). The number of aromatic nitrogens is 1. The van der Waals surface area contributed by atoms with Crippen LogP contribution in [0, 0.1) is 5.82 Å². The lowest BCUT2D eigenvalue weighted by Crippen LogP contribution is -2.24. The van der Waals surface area contributed by atoms with Crippen LogP contribution in [0.4, 0.5) is 4.39 Å². The molecule has 1 aliphatic rings. The summed E-state index contributed by atoms with van der Waals surface area (Å²) in [6.07, 6.45) is 6.11. The van der Waals surface area contributed by atoms with Gasteiger partial charge in [0.15, 0.2) is 11.6 Å². The summed E-state index contributed by atoms with van der Waals surface area (Å²) in [7, 11) is 0. The van der Waals surface area contributed by atoms with Gasteiger partial charge >= 0.3 is 0 Å². The highest BCUT2D eigenvalue weighted by Crippen LogP contribution is 2.33. The number of halogens is 1. The first-order chi connectivity index (χ1) is 10.2. The van der Waals surface area contributed by atoms with Crippen LogP contribution in [0.25, 0.3) is 10.9 Å². The van der Waals surface area contributed by atoms with E-state index in [-0.39, 0.29) is 11.9 Å². The number of rotatable bonds is 4. The van der Waals surface area contributed by atoms with Crippen LogP contribution in [0.5, 0.6) is 5.75 Å². The van der Waals surface area contributed by atoms with Gasteiger partial charge in [0.25, 0.3) is 0 Å². The fourth-order valence-electron chi connectivity index (χ4n) is 3.10. The smallest absolute Gasteiger partial charge is 0.165 e. The summed E-state index contributed by atoms with van der Waals surface area (Å²) in [6, 6.07) is 3.02. The molecule has 0 amide bonds. The minimum Gasteiger partial charge on any atom is -0.504 e. The number of fused-ring (bicyclic) bond motifs is 1. The summed E-state index contributed by atoms with van der Waals surface area (Å²) in [5.74, 6) is -0.869. The molecule has 0 bridgehead atoms. The molecule has 2 heterocycles. The molecule has 0 spiro atoms. The van der Waals surface area contributed by atoms with E-state index in [1.54, 1.807) is 6.07 Å². The number of nitrogens with two attached hydrogens (primary N) is 1. The Kier molecular flexibility index (Phi) is 4.12. The van der Waals surface area contributed by atoms with Gasteiger partial charge in [0.2, 0.25) is 0 Å². The van der Waals surface area contributed by atoms with E-state index in [1.165, 1.54) is 12.5 Å². The Hall–Kier alpha value is -1.59. The molecule has 0 saturated carbocycles. The zero-order chi connectivity index (χ0) is 14.8. The molecule has 1 aliphatic heterocycles. The molecular formula is C16H21FN2O2. The van der Waals surface area contributed by atoms with Crippen molar-refractivity contribution in [3.63, 3.8) is 0 Å². The van der Waals surface area contributed by atoms with Crippen molar-refractivity contribution in [3.05, 3.63) is 29.7 Å². The second kappa shape index (κ2) is 6.03. The number of nitrogens with zero attached hydrogens (tertiary/aromatic N) is 1. The standard InChI is InChI=1S/C16H21FN2O2/c17-13-4-5-14-15(16(13)20)11(6-7-18)9-19(14)10-12-3-1-2-8-21-12/h4-5,9,12,20H,1-3,6-8,10,18H2. The van der Waals surface area contributed by atoms with E-state index >= 15 is 0 Å². The summed E-state index contributed by atoms with van der Waals surface area (Å²) in [4.78, 5) is 0. The molecule has 114 valence electrons. The van der Waals surface area contributed by atoms with Gasteiger partial charge in [-0.1, -0.05) is 0 Å². The predicted octanol–water partition coefficient (Wildman–Crippen LogP) is 2.56. The van der Waals surface area contributed by atoms with E-state index in [0.29, 0.717) is 18.4 Å². The predicted molar refractivity (Wildman–Crippen MR) is 79.9 cm³/mol. The minimum atomic E-state index is -0.590. The quantitative estimate of drug-likeness (QED) is 0.910. The molecule has 21 heavy (non-hydrogen) atoms. The van der Waals surface area contributed by atoms with E-state index in [1.807, 2.05) is 6.20 Å². The zero-order valence-corrected chi connectivity index (χ0v) is 12.0. The van der Waals surface area contributed by atoms with Crippen molar-refractivity contribution in [3.8, 4) is 5.75 Å². The monoisotopic (exact) mass is 292 g/mol. The van der Waals surface area contributed by atoms with Crippen molar-refractivity contribution in [2.75, 3.05) is 13.2 Å². The Morgan fingerprint density at radius 2 is 2.24 bits per heavy atom. The Morgan fingerprint density at radius 3 is 2.95 bits per heavy atom. The molecule has 3 N–H and O–H groups in total. The lowest BCUT2D eigenvalue weighted by Gasteiger charge is -2.23. The van der Waals surface area contributed by atoms with Crippen molar-refractivity contribution in [1.82, 2.24) is 4.57 Å². The Balaban J connectivity index is 2.00. The van der Waals surface area contributed by atoms with Crippen molar-refractivity contribution in [1.29, 1.82) is 0 Å². The largest absolute Gasteiger partial charge is 0.504 e. The highest BCUT2D eigenvalue weighted by atomic mass is 19.1. The fraction of sp³-hybridized carbons (Fsp3) is 0.500. The van der Waals surface area contributed by atoms with Crippen LogP contribution in [0.3, 0.4) is 0 Å². The van der Waals surface area contributed by atoms with Gasteiger partial charge in [-0.25, -0.2) is 4.39 Å². The molecule has 1 unspecified atom stereocenters. The highest BCUT2D eigenvalue weighted by molar-refractivity contribution is 5.90. The summed E-state index contributed by atoms with van der Waals surface area (Å²) in [5, 5.41) is 10.6. The summed E-state index contributed by atoms with van der Waals surface area (Å²) in [6.45, 7) is 2.00. The normalized spacial score (nSPS) is 19.2. The molecule has 1 aromatic heterocycles. The van der Waals surface area contributed by atoms with Crippen LogP contribution < -0.4 is 5.73 Å². The van der Waals surface area contributed by atoms with Crippen molar-refractivity contribution < 1.29 is 14.2 Å². The van der Waals surface area contributed by atoms with Crippen molar-refractivity contribution >= 4 is 10.9 Å². The van der Waals surface area contributed by atoms with E-state index in [4.69, 9.17) is 10.5 Å². The third-order valence-corrected chi connectivity index (χ3v) is 4.14.